The number of nitrogens with zero attached hydrogens (tertiary/aromatic N) is 2. The summed E-state index contributed by atoms with van der Waals surface area (Å²) in [5.41, 5.74) is 1.20. The molecule has 2 atom stereocenters. The van der Waals surface area contributed by atoms with Crippen molar-refractivity contribution in [1.29, 1.82) is 0 Å². The van der Waals surface area contributed by atoms with Crippen molar-refractivity contribution >= 4 is 23.4 Å². The van der Waals surface area contributed by atoms with E-state index in [9.17, 15) is 5.11 Å². The third kappa shape index (κ3) is 5.54. The highest BCUT2D eigenvalue weighted by Gasteiger charge is 2.41. The third-order valence-corrected chi connectivity index (χ3v) is 6.27. The zero-order valence-corrected chi connectivity index (χ0v) is 17.5. The van der Waals surface area contributed by atoms with Gasteiger partial charge in [0.25, 0.3) is 0 Å². The summed E-state index contributed by atoms with van der Waals surface area (Å²) in [5, 5.41) is 10.2. The predicted molar refractivity (Wildman–Crippen MR) is 114 cm³/mol. The molecule has 152 valence electrons. The lowest BCUT2D eigenvalue weighted by Crippen LogP contribution is -2.37. The van der Waals surface area contributed by atoms with Crippen molar-refractivity contribution in [2.45, 2.75) is 36.2 Å². The zero-order chi connectivity index (χ0) is 20.1. The van der Waals surface area contributed by atoms with E-state index in [2.05, 4.69) is 4.98 Å². The Kier molecular flexibility index (Phi) is 6.45. The summed E-state index contributed by atoms with van der Waals surface area (Å²) in [4.78, 5) is 5.24. The van der Waals surface area contributed by atoms with E-state index in [-0.39, 0.29) is 11.9 Å². The van der Waals surface area contributed by atoms with Gasteiger partial charge in [-0.05, 0) is 48.4 Å². The van der Waals surface area contributed by atoms with E-state index in [1.165, 1.54) is 5.56 Å². The number of aromatic hydroxyl groups is 1. The molecule has 1 N–H and O–H groups in total. The Bertz CT molecular complexity index is 903. The molecule has 0 bridgehead atoms. The number of hydrogen-bond acceptors (Lipinski definition) is 5. The molecule has 0 amide bonds. The molecule has 4 rings (SSSR count). The molecule has 0 radical (unpaired) electrons. The molecule has 2 aromatic carbocycles. The van der Waals surface area contributed by atoms with E-state index in [4.69, 9.17) is 21.1 Å². The first-order valence-corrected chi connectivity index (χ1v) is 10.9. The van der Waals surface area contributed by atoms with Crippen LogP contribution in [0.5, 0.6) is 5.75 Å². The average Bonchev–Trinajstić information content (AvgIpc) is 3.38. The Morgan fingerprint density at radius 2 is 1.97 bits per heavy atom. The number of aryl methyl sites for hydroxylation is 1. The quantitative estimate of drug-likeness (QED) is 0.521. The number of thioether (sulfide) groups is 1. The zero-order valence-electron chi connectivity index (χ0n) is 15.9. The van der Waals surface area contributed by atoms with Crippen LogP contribution in [0.25, 0.3) is 0 Å². The first-order valence-electron chi connectivity index (χ1n) is 9.54. The molecule has 1 aliphatic rings. The Hall–Kier alpha value is -1.99. The maximum Gasteiger partial charge on any atom is 0.187 e. The van der Waals surface area contributed by atoms with E-state index in [0.29, 0.717) is 13.2 Å². The Labute approximate surface area is 179 Å². The summed E-state index contributed by atoms with van der Waals surface area (Å²) in [5.74, 6) is 0.383. The van der Waals surface area contributed by atoms with Gasteiger partial charge in [-0.15, -0.1) is 11.8 Å². The molecule has 1 saturated heterocycles. The monoisotopic (exact) mass is 430 g/mol. The van der Waals surface area contributed by atoms with Crippen LogP contribution in [0.2, 0.25) is 5.02 Å². The number of hydrogen-bond donors (Lipinski definition) is 1. The van der Waals surface area contributed by atoms with Gasteiger partial charge in [-0.1, -0.05) is 23.7 Å². The van der Waals surface area contributed by atoms with Crippen molar-refractivity contribution in [2.24, 2.45) is 0 Å². The lowest BCUT2D eigenvalue weighted by Gasteiger charge is -2.28. The molecular formula is C22H23ClN2O3S. The minimum atomic E-state index is -0.680. The number of rotatable bonds is 8. The maximum absolute atomic E-state index is 9.43. The lowest BCUT2D eigenvalue weighted by atomic mass is 10.0. The van der Waals surface area contributed by atoms with Crippen molar-refractivity contribution < 1.29 is 14.6 Å². The number of ether oxygens (including phenoxy) is 2. The predicted octanol–water partition coefficient (Wildman–Crippen LogP) is 4.78. The van der Waals surface area contributed by atoms with Crippen LogP contribution in [0.4, 0.5) is 0 Å². The van der Waals surface area contributed by atoms with E-state index >= 15 is 0 Å². The van der Waals surface area contributed by atoms with Crippen LogP contribution >= 0.6 is 23.4 Å². The second-order valence-corrected chi connectivity index (χ2v) is 8.66. The van der Waals surface area contributed by atoms with Crippen LogP contribution in [0, 0.1) is 0 Å². The van der Waals surface area contributed by atoms with E-state index in [1.807, 2.05) is 47.2 Å². The maximum atomic E-state index is 9.43. The highest BCUT2D eigenvalue weighted by Crippen LogP contribution is 2.33. The molecular weight excluding hydrogens is 408 g/mol. The number of aromatic nitrogens is 2. The van der Waals surface area contributed by atoms with Crippen molar-refractivity contribution in [3.63, 3.8) is 0 Å². The van der Waals surface area contributed by atoms with Crippen molar-refractivity contribution in [2.75, 3.05) is 12.4 Å². The first kappa shape index (κ1) is 20.3. The Balaban J connectivity index is 1.40. The summed E-state index contributed by atoms with van der Waals surface area (Å²) >= 11 is 7.70. The van der Waals surface area contributed by atoms with Crippen LogP contribution in [-0.4, -0.2) is 38.9 Å². The second kappa shape index (κ2) is 9.22. The SMILES string of the molecule is Oc1ccc(SC[C@@H]2CO[C@@](CCc3ccc(Cl)cc3)(Cn3ccnc3)O2)cc1. The van der Waals surface area contributed by atoms with Crippen LogP contribution in [-0.2, 0) is 22.4 Å². The van der Waals surface area contributed by atoms with Crippen LogP contribution in [0.15, 0.2) is 72.1 Å². The van der Waals surface area contributed by atoms with Crippen molar-refractivity contribution in [3.8, 4) is 5.75 Å². The number of phenols is 1. The molecule has 0 unspecified atom stereocenters. The van der Waals surface area contributed by atoms with Gasteiger partial charge < -0.3 is 19.1 Å². The Morgan fingerprint density at radius 3 is 2.69 bits per heavy atom. The highest BCUT2D eigenvalue weighted by molar-refractivity contribution is 7.99. The molecule has 3 aromatic rings. The third-order valence-electron chi connectivity index (χ3n) is 4.88. The van der Waals surface area contributed by atoms with Crippen LogP contribution in [0.3, 0.4) is 0 Å². The molecule has 0 saturated carbocycles. The molecule has 2 heterocycles. The molecule has 0 aliphatic carbocycles. The fraction of sp³-hybridized carbons (Fsp3) is 0.318. The second-order valence-electron chi connectivity index (χ2n) is 7.13. The average molecular weight is 431 g/mol. The van der Waals surface area contributed by atoms with Crippen LogP contribution in [0.1, 0.15) is 12.0 Å². The Morgan fingerprint density at radius 1 is 1.17 bits per heavy atom. The smallest absolute Gasteiger partial charge is 0.187 e. The van der Waals surface area contributed by atoms with Gasteiger partial charge in [-0.25, -0.2) is 4.98 Å². The topological polar surface area (TPSA) is 56.5 Å². The molecule has 5 nitrogen and oxygen atoms in total. The molecule has 1 aromatic heterocycles. The fourth-order valence-corrected chi connectivity index (χ4v) is 4.36. The molecule has 29 heavy (non-hydrogen) atoms. The minimum Gasteiger partial charge on any atom is -0.508 e. The summed E-state index contributed by atoms with van der Waals surface area (Å²) < 4.78 is 14.7. The number of phenolic OH excluding ortho intramolecular Hbond substituents is 1. The van der Waals surface area contributed by atoms with Gasteiger partial charge >= 0.3 is 0 Å². The molecule has 1 fully saturated rings. The van der Waals surface area contributed by atoms with Gasteiger partial charge in [0.1, 0.15) is 5.75 Å². The summed E-state index contributed by atoms with van der Waals surface area (Å²) in [6.07, 6.45) is 7.06. The highest BCUT2D eigenvalue weighted by atomic mass is 35.5. The number of imidazole rings is 1. The number of benzene rings is 2. The number of halogens is 1. The van der Waals surface area contributed by atoms with E-state index in [1.54, 1.807) is 36.4 Å². The van der Waals surface area contributed by atoms with Gasteiger partial charge in [-0.2, -0.15) is 0 Å². The summed E-state index contributed by atoms with van der Waals surface area (Å²) in [7, 11) is 0. The molecule has 1 aliphatic heterocycles. The van der Waals surface area contributed by atoms with Crippen LogP contribution < -0.4 is 0 Å². The van der Waals surface area contributed by atoms with Gasteiger partial charge in [0.2, 0.25) is 0 Å². The largest absolute Gasteiger partial charge is 0.508 e. The lowest BCUT2D eigenvalue weighted by molar-refractivity contribution is -0.180. The van der Waals surface area contributed by atoms with Gasteiger partial charge in [0.15, 0.2) is 5.79 Å². The molecule has 0 spiro atoms. The summed E-state index contributed by atoms with van der Waals surface area (Å²) in [6, 6.07) is 15.1. The first-order chi connectivity index (χ1) is 14.1. The standard InChI is InChI=1S/C22H23ClN2O3S/c23-18-3-1-17(2-4-18)9-10-22(15-25-12-11-24-16-25)27-13-20(28-22)14-29-21-7-5-19(26)6-8-21/h1-8,11-12,16,20,26H,9-10,13-15H2/t20-,22+/m0/s1. The van der Waals surface area contributed by atoms with E-state index < -0.39 is 5.79 Å². The normalized spacial score (nSPS) is 21.5. The van der Waals surface area contributed by atoms with Gasteiger partial charge in [-0.3, -0.25) is 0 Å². The minimum absolute atomic E-state index is 0.00235. The van der Waals surface area contributed by atoms with Gasteiger partial charge in [0.05, 0.1) is 25.6 Å². The molecule has 7 heteroatoms. The fourth-order valence-electron chi connectivity index (χ4n) is 3.37. The van der Waals surface area contributed by atoms with Gasteiger partial charge in [0, 0.05) is 34.5 Å². The van der Waals surface area contributed by atoms with Crippen molar-refractivity contribution in [3.05, 3.63) is 77.8 Å². The van der Waals surface area contributed by atoms with Crippen molar-refractivity contribution in [1.82, 2.24) is 9.55 Å². The summed E-state index contributed by atoms with van der Waals surface area (Å²) in [6.45, 7) is 1.15. The van der Waals surface area contributed by atoms with E-state index in [0.717, 1.165) is 28.5 Å².